The Morgan fingerprint density at radius 2 is 2.05 bits per heavy atom. The Labute approximate surface area is 122 Å². The van der Waals surface area contributed by atoms with Crippen LogP contribution in [0.1, 0.15) is 20.3 Å². The lowest BCUT2D eigenvalue weighted by atomic mass is 10.3. The smallest absolute Gasteiger partial charge is 0.201 e. The maximum atomic E-state index is 6.01. The van der Waals surface area contributed by atoms with Crippen LogP contribution in [0, 0.1) is 0 Å². The van der Waals surface area contributed by atoms with Crippen molar-refractivity contribution < 1.29 is 0 Å². The average Bonchev–Trinajstić information content (AvgIpc) is 2.71. The zero-order valence-corrected chi connectivity index (χ0v) is 13.2. The molecule has 5 heteroatoms. The van der Waals surface area contributed by atoms with Gasteiger partial charge in [0.05, 0.1) is 11.0 Å². The summed E-state index contributed by atoms with van der Waals surface area (Å²) in [5.41, 5.74) is 8.07. The quantitative estimate of drug-likeness (QED) is 0.888. The largest absolute Gasteiger partial charge is 0.369 e. The summed E-state index contributed by atoms with van der Waals surface area (Å²) in [5, 5.41) is 0. The van der Waals surface area contributed by atoms with Gasteiger partial charge < -0.3 is 15.2 Å². The van der Waals surface area contributed by atoms with E-state index in [9.17, 15) is 0 Å². The number of fused-ring (bicyclic) bond motifs is 1. The van der Waals surface area contributed by atoms with Gasteiger partial charge in [0.15, 0.2) is 0 Å². The van der Waals surface area contributed by atoms with Crippen LogP contribution >= 0.6 is 15.9 Å². The zero-order chi connectivity index (χ0) is 13.8. The highest BCUT2D eigenvalue weighted by atomic mass is 79.9. The van der Waals surface area contributed by atoms with Crippen LogP contribution in [0.2, 0.25) is 0 Å². The number of nitrogen functional groups attached to an aromatic ring is 1. The van der Waals surface area contributed by atoms with Gasteiger partial charge in [0.2, 0.25) is 5.95 Å². The summed E-state index contributed by atoms with van der Waals surface area (Å²) in [6.45, 7) is 8.60. The molecule has 0 atom stereocenters. The number of rotatable bonds is 6. The van der Waals surface area contributed by atoms with Gasteiger partial charge in [-0.3, -0.25) is 0 Å². The molecule has 2 aromatic rings. The van der Waals surface area contributed by atoms with Crippen LogP contribution in [0.5, 0.6) is 0 Å². The van der Waals surface area contributed by atoms with Crippen LogP contribution in [0.25, 0.3) is 11.0 Å². The Morgan fingerprint density at radius 1 is 1.32 bits per heavy atom. The van der Waals surface area contributed by atoms with Crippen LogP contribution < -0.4 is 5.73 Å². The summed E-state index contributed by atoms with van der Waals surface area (Å²) < 4.78 is 3.16. The molecule has 4 nitrogen and oxygen atoms in total. The molecule has 0 aliphatic carbocycles. The summed E-state index contributed by atoms with van der Waals surface area (Å²) in [6.07, 6.45) is 1.09. The van der Waals surface area contributed by atoms with E-state index in [1.54, 1.807) is 0 Å². The number of benzene rings is 1. The zero-order valence-electron chi connectivity index (χ0n) is 11.6. The average molecular weight is 325 g/mol. The number of halogens is 1. The van der Waals surface area contributed by atoms with Gasteiger partial charge in [-0.05, 0) is 44.3 Å². The second kappa shape index (κ2) is 6.39. The van der Waals surface area contributed by atoms with Gasteiger partial charge in [0.1, 0.15) is 0 Å². The summed E-state index contributed by atoms with van der Waals surface area (Å²) >= 11 is 3.50. The van der Waals surface area contributed by atoms with E-state index in [0.717, 1.165) is 48.1 Å². The Hall–Kier alpha value is -1.07. The third-order valence-corrected chi connectivity index (χ3v) is 3.98. The molecule has 1 aromatic carbocycles. The number of imidazole rings is 1. The molecule has 0 fully saturated rings. The summed E-state index contributed by atoms with van der Waals surface area (Å²) in [4.78, 5) is 6.82. The fraction of sp³-hybridized carbons (Fsp3) is 0.500. The monoisotopic (exact) mass is 324 g/mol. The third-order valence-electron chi connectivity index (χ3n) is 3.49. The van der Waals surface area contributed by atoms with Gasteiger partial charge in [-0.15, -0.1) is 0 Å². The minimum Gasteiger partial charge on any atom is -0.369 e. The number of nitrogens with two attached hydrogens (primary N) is 1. The second-order valence-corrected chi connectivity index (χ2v) is 5.55. The third kappa shape index (κ3) is 3.28. The molecule has 104 valence electrons. The van der Waals surface area contributed by atoms with Crippen molar-refractivity contribution in [2.45, 2.75) is 26.8 Å². The summed E-state index contributed by atoms with van der Waals surface area (Å²) in [7, 11) is 0. The molecule has 0 bridgehead atoms. The van der Waals surface area contributed by atoms with E-state index in [1.807, 2.05) is 12.1 Å². The van der Waals surface area contributed by atoms with Crippen molar-refractivity contribution in [1.82, 2.24) is 14.5 Å². The van der Waals surface area contributed by atoms with E-state index in [1.165, 1.54) is 0 Å². The lowest BCUT2D eigenvalue weighted by Gasteiger charge is -2.18. The van der Waals surface area contributed by atoms with Crippen LogP contribution in [-0.4, -0.2) is 34.1 Å². The molecule has 0 saturated carbocycles. The number of aromatic nitrogens is 2. The topological polar surface area (TPSA) is 47.1 Å². The molecule has 1 heterocycles. The molecule has 0 aliphatic rings. The number of hydrogen-bond acceptors (Lipinski definition) is 3. The highest BCUT2D eigenvalue weighted by Crippen LogP contribution is 2.22. The molecule has 0 spiro atoms. The number of hydrogen-bond donors (Lipinski definition) is 1. The van der Waals surface area contributed by atoms with Gasteiger partial charge in [0.25, 0.3) is 0 Å². The van der Waals surface area contributed by atoms with E-state index >= 15 is 0 Å². The van der Waals surface area contributed by atoms with E-state index in [0.29, 0.717) is 5.95 Å². The van der Waals surface area contributed by atoms with E-state index in [2.05, 4.69) is 50.3 Å². The van der Waals surface area contributed by atoms with Crippen molar-refractivity contribution in [3.8, 4) is 0 Å². The van der Waals surface area contributed by atoms with Crippen molar-refractivity contribution in [2.24, 2.45) is 0 Å². The minimum atomic E-state index is 0.604. The molecule has 0 radical (unpaired) electrons. The van der Waals surface area contributed by atoms with Crippen molar-refractivity contribution in [3.05, 3.63) is 22.7 Å². The van der Waals surface area contributed by atoms with Gasteiger partial charge in [-0.2, -0.15) is 0 Å². The first-order chi connectivity index (χ1) is 9.15. The van der Waals surface area contributed by atoms with Crippen molar-refractivity contribution >= 4 is 32.9 Å². The molecule has 0 unspecified atom stereocenters. The molecule has 0 amide bonds. The minimum absolute atomic E-state index is 0.604. The van der Waals surface area contributed by atoms with Gasteiger partial charge >= 0.3 is 0 Å². The number of aryl methyl sites for hydroxylation is 1. The summed E-state index contributed by atoms with van der Waals surface area (Å²) in [5.74, 6) is 0.604. The molecule has 19 heavy (non-hydrogen) atoms. The van der Waals surface area contributed by atoms with Gasteiger partial charge in [-0.1, -0.05) is 29.8 Å². The lowest BCUT2D eigenvalue weighted by molar-refractivity contribution is 0.294. The Bertz CT molecular complexity index is 546. The highest BCUT2D eigenvalue weighted by Gasteiger charge is 2.08. The Morgan fingerprint density at radius 3 is 2.74 bits per heavy atom. The Balaban J connectivity index is 2.11. The van der Waals surface area contributed by atoms with Crippen LogP contribution in [-0.2, 0) is 6.54 Å². The number of anilines is 1. The van der Waals surface area contributed by atoms with Crippen molar-refractivity contribution in [3.63, 3.8) is 0 Å². The predicted molar refractivity (Wildman–Crippen MR) is 84.3 cm³/mol. The second-order valence-electron chi connectivity index (χ2n) is 4.64. The van der Waals surface area contributed by atoms with Gasteiger partial charge in [-0.25, -0.2) is 4.98 Å². The van der Waals surface area contributed by atoms with Crippen molar-refractivity contribution in [2.75, 3.05) is 25.4 Å². The normalized spacial score (nSPS) is 11.6. The maximum Gasteiger partial charge on any atom is 0.201 e. The number of nitrogens with zero attached hydrogens (tertiary/aromatic N) is 3. The fourth-order valence-corrected chi connectivity index (χ4v) is 2.69. The summed E-state index contributed by atoms with van der Waals surface area (Å²) in [6, 6.07) is 6.07. The standard InChI is InChI=1S/C14H21BrN4/c1-3-18(4-2)8-5-9-19-13-10-11(15)6-7-12(13)17-14(19)16/h6-7,10H,3-5,8-9H2,1-2H3,(H2,16,17). The van der Waals surface area contributed by atoms with Crippen LogP contribution in [0.4, 0.5) is 5.95 Å². The predicted octanol–water partition coefficient (Wildman–Crippen LogP) is 3.11. The fourth-order valence-electron chi connectivity index (χ4n) is 2.34. The van der Waals surface area contributed by atoms with Crippen molar-refractivity contribution in [1.29, 1.82) is 0 Å². The highest BCUT2D eigenvalue weighted by molar-refractivity contribution is 9.10. The Kier molecular flexibility index (Phi) is 4.82. The first kappa shape index (κ1) is 14.3. The molecule has 2 rings (SSSR count). The molecule has 2 N–H and O–H groups in total. The molecule has 0 saturated heterocycles. The first-order valence-corrected chi connectivity index (χ1v) is 7.58. The molecule has 1 aromatic heterocycles. The van der Waals surface area contributed by atoms with E-state index in [-0.39, 0.29) is 0 Å². The van der Waals surface area contributed by atoms with E-state index in [4.69, 9.17) is 5.73 Å². The maximum absolute atomic E-state index is 6.01. The van der Waals surface area contributed by atoms with Crippen LogP contribution in [0.15, 0.2) is 22.7 Å². The lowest BCUT2D eigenvalue weighted by Crippen LogP contribution is -2.25. The molecule has 0 aliphatic heterocycles. The van der Waals surface area contributed by atoms with Crippen LogP contribution in [0.3, 0.4) is 0 Å². The first-order valence-electron chi connectivity index (χ1n) is 6.79. The van der Waals surface area contributed by atoms with E-state index < -0.39 is 0 Å². The van der Waals surface area contributed by atoms with Gasteiger partial charge in [0, 0.05) is 11.0 Å². The molecular formula is C14H21BrN4. The molecular weight excluding hydrogens is 304 g/mol. The SMILES string of the molecule is CCN(CC)CCCn1c(N)nc2ccc(Br)cc21.